The maximum atomic E-state index is 12.9. The first-order chi connectivity index (χ1) is 14.5. The molecular weight excluding hydrogens is 392 g/mol. The first kappa shape index (κ1) is 21.7. The Bertz CT molecular complexity index is 867. The van der Waals surface area contributed by atoms with Crippen LogP contribution in [0.3, 0.4) is 0 Å². The summed E-state index contributed by atoms with van der Waals surface area (Å²) in [6.45, 7) is 3.50. The number of esters is 2. The zero-order valence-corrected chi connectivity index (χ0v) is 17.6. The summed E-state index contributed by atoms with van der Waals surface area (Å²) in [4.78, 5) is 38.6. The Labute approximate surface area is 175 Å². The zero-order valence-electron chi connectivity index (χ0n) is 17.6. The lowest BCUT2D eigenvalue weighted by atomic mass is 9.73. The molecule has 30 heavy (non-hydrogen) atoms. The molecule has 0 amide bonds. The summed E-state index contributed by atoms with van der Waals surface area (Å²) in [5.74, 6) is -2.16. The smallest absolute Gasteiger partial charge is 0.321 e. The van der Waals surface area contributed by atoms with E-state index >= 15 is 0 Å². The van der Waals surface area contributed by atoms with Crippen molar-refractivity contribution in [3.63, 3.8) is 0 Å². The van der Waals surface area contributed by atoms with Crippen molar-refractivity contribution in [2.75, 3.05) is 27.4 Å². The van der Waals surface area contributed by atoms with Gasteiger partial charge in [0.25, 0.3) is 0 Å². The van der Waals surface area contributed by atoms with Crippen molar-refractivity contribution >= 4 is 17.7 Å². The second kappa shape index (κ2) is 9.19. The molecule has 0 bridgehead atoms. The fraction of sp³-hybridized carbons (Fsp3) is 0.500. The van der Waals surface area contributed by atoms with Crippen LogP contribution in [-0.2, 0) is 23.9 Å². The van der Waals surface area contributed by atoms with E-state index in [9.17, 15) is 14.4 Å². The first-order valence-electron chi connectivity index (χ1n) is 10.00. The Morgan fingerprint density at radius 1 is 1.03 bits per heavy atom. The van der Waals surface area contributed by atoms with Crippen LogP contribution in [0.25, 0.3) is 0 Å². The molecule has 1 aromatic carbocycles. The minimum atomic E-state index is -1.34. The molecule has 0 N–H and O–H groups in total. The van der Waals surface area contributed by atoms with E-state index in [4.69, 9.17) is 23.7 Å². The number of allylic oxidation sites excluding steroid dienone is 2. The molecule has 0 spiro atoms. The molecule has 1 aliphatic carbocycles. The first-order valence-corrected chi connectivity index (χ1v) is 10.00. The van der Waals surface area contributed by atoms with E-state index < -0.39 is 23.8 Å². The molecule has 1 heterocycles. The minimum Gasteiger partial charge on any atom is -0.493 e. The molecule has 1 unspecified atom stereocenters. The van der Waals surface area contributed by atoms with Crippen LogP contribution >= 0.6 is 0 Å². The molecule has 162 valence electrons. The second-order valence-corrected chi connectivity index (χ2v) is 6.92. The fourth-order valence-electron chi connectivity index (χ4n) is 3.96. The highest BCUT2D eigenvalue weighted by molar-refractivity contribution is 6.04. The Hall–Kier alpha value is -3.03. The topological polar surface area (TPSA) is 97.4 Å². The van der Waals surface area contributed by atoms with Gasteiger partial charge in [-0.25, -0.2) is 0 Å². The summed E-state index contributed by atoms with van der Waals surface area (Å²) < 4.78 is 27.1. The quantitative estimate of drug-likeness (QED) is 0.493. The van der Waals surface area contributed by atoms with Gasteiger partial charge in [-0.1, -0.05) is 0 Å². The molecule has 8 heteroatoms. The number of ketones is 1. The number of ether oxygens (including phenoxy) is 5. The van der Waals surface area contributed by atoms with Crippen LogP contribution in [-0.4, -0.2) is 45.2 Å². The van der Waals surface area contributed by atoms with Gasteiger partial charge in [-0.15, -0.1) is 0 Å². The summed E-state index contributed by atoms with van der Waals surface area (Å²) in [6, 6.07) is 3.27. The van der Waals surface area contributed by atoms with E-state index in [0.717, 1.165) is 0 Å². The van der Waals surface area contributed by atoms with Crippen LogP contribution in [0.2, 0.25) is 0 Å². The van der Waals surface area contributed by atoms with E-state index in [2.05, 4.69) is 0 Å². The number of carbonyl (C=O) groups is 3. The molecular formula is C22H26O8. The van der Waals surface area contributed by atoms with Crippen molar-refractivity contribution in [1.82, 2.24) is 0 Å². The van der Waals surface area contributed by atoms with Crippen molar-refractivity contribution in [2.24, 2.45) is 5.92 Å². The van der Waals surface area contributed by atoms with Gasteiger partial charge in [0.2, 0.25) is 0 Å². The fourth-order valence-corrected chi connectivity index (χ4v) is 3.96. The van der Waals surface area contributed by atoms with Gasteiger partial charge in [-0.3, -0.25) is 14.4 Å². The summed E-state index contributed by atoms with van der Waals surface area (Å²) >= 11 is 0. The Morgan fingerprint density at radius 2 is 1.63 bits per heavy atom. The van der Waals surface area contributed by atoms with Gasteiger partial charge in [-0.2, -0.15) is 0 Å². The highest BCUT2D eigenvalue weighted by atomic mass is 16.6. The third-order valence-corrected chi connectivity index (χ3v) is 5.22. The molecule has 1 aliphatic heterocycles. The lowest BCUT2D eigenvalue weighted by Gasteiger charge is -2.35. The van der Waals surface area contributed by atoms with Gasteiger partial charge in [0.1, 0.15) is 11.5 Å². The summed E-state index contributed by atoms with van der Waals surface area (Å²) in [5, 5.41) is 0. The number of rotatable bonds is 7. The minimum absolute atomic E-state index is 0.0938. The average molecular weight is 418 g/mol. The van der Waals surface area contributed by atoms with E-state index in [-0.39, 0.29) is 19.0 Å². The van der Waals surface area contributed by atoms with E-state index in [1.165, 1.54) is 14.2 Å². The Kier molecular flexibility index (Phi) is 6.64. The number of carbonyl (C=O) groups excluding carboxylic acids is 3. The van der Waals surface area contributed by atoms with Gasteiger partial charge in [-0.05, 0) is 26.3 Å². The van der Waals surface area contributed by atoms with E-state index in [1.54, 1.807) is 26.0 Å². The lowest BCUT2D eigenvalue weighted by molar-refractivity contribution is -0.162. The standard InChI is InChI=1S/C22H26O8/c1-5-28-21(24)20(22(25)29-6-2)18-12-10-16(26-3)17(27-4)11-15(12)30-14-9-7-8-13(23)19(14)18/h10-11,18,20H,5-9H2,1-4H3. The van der Waals surface area contributed by atoms with Crippen LogP contribution < -0.4 is 14.2 Å². The molecule has 0 aromatic heterocycles. The van der Waals surface area contributed by atoms with Gasteiger partial charge in [0.05, 0.1) is 27.4 Å². The number of methoxy groups -OCH3 is 2. The normalized spacial score (nSPS) is 17.6. The highest BCUT2D eigenvalue weighted by Crippen LogP contribution is 2.50. The van der Waals surface area contributed by atoms with Crippen molar-refractivity contribution in [2.45, 2.75) is 39.0 Å². The van der Waals surface area contributed by atoms with Crippen molar-refractivity contribution in [3.8, 4) is 17.2 Å². The number of hydrogen-bond acceptors (Lipinski definition) is 8. The number of Topliss-reactive ketones (excluding diaryl/α,β-unsaturated/α-hetero) is 1. The highest BCUT2D eigenvalue weighted by Gasteiger charge is 2.47. The van der Waals surface area contributed by atoms with Gasteiger partial charge in [0, 0.05) is 36.0 Å². The molecule has 1 aromatic rings. The molecule has 0 saturated carbocycles. The zero-order chi connectivity index (χ0) is 21.8. The summed E-state index contributed by atoms with van der Waals surface area (Å²) in [7, 11) is 2.98. The maximum Gasteiger partial charge on any atom is 0.321 e. The van der Waals surface area contributed by atoms with Gasteiger partial charge >= 0.3 is 11.9 Å². The average Bonchev–Trinajstić information content (AvgIpc) is 2.73. The van der Waals surface area contributed by atoms with Crippen LogP contribution in [0.4, 0.5) is 0 Å². The third kappa shape index (κ3) is 3.86. The summed E-state index contributed by atoms with van der Waals surface area (Å²) in [6.07, 6.45) is 1.49. The maximum absolute atomic E-state index is 12.9. The molecule has 2 aliphatic rings. The Balaban J connectivity index is 2.24. The molecule has 0 radical (unpaired) electrons. The SMILES string of the molecule is CCOC(=O)C(C(=O)OCC)C1C2=C(CCCC2=O)Oc2cc(OC)c(OC)cc21. The van der Waals surface area contributed by atoms with Crippen molar-refractivity contribution < 1.29 is 38.1 Å². The summed E-state index contributed by atoms with van der Waals surface area (Å²) in [5.41, 5.74) is 0.805. The number of benzene rings is 1. The van der Waals surface area contributed by atoms with Gasteiger partial charge in [0.15, 0.2) is 23.2 Å². The van der Waals surface area contributed by atoms with E-state index in [0.29, 0.717) is 53.4 Å². The van der Waals surface area contributed by atoms with E-state index in [1.807, 2.05) is 0 Å². The second-order valence-electron chi connectivity index (χ2n) is 6.92. The van der Waals surface area contributed by atoms with Crippen molar-refractivity contribution in [1.29, 1.82) is 0 Å². The van der Waals surface area contributed by atoms with Crippen LogP contribution in [0.15, 0.2) is 23.5 Å². The number of fused-ring (bicyclic) bond motifs is 1. The largest absolute Gasteiger partial charge is 0.493 e. The molecule has 3 rings (SSSR count). The predicted molar refractivity (Wildman–Crippen MR) is 106 cm³/mol. The molecule has 0 saturated heterocycles. The predicted octanol–water partition coefficient (Wildman–Crippen LogP) is 2.93. The molecule has 1 atom stereocenters. The number of hydrogen-bond donors (Lipinski definition) is 0. The van der Waals surface area contributed by atoms with Crippen LogP contribution in [0.1, 0.15) is 44.6 Å². The monoisotopic (exact) mass is 418 g/mol. The molecule has 0 fully saturated rings. The lowest BCUT2D eigenvalue weighted by Crippen LogP contribution is -2.38. The van der Waals surface area contributed by atoms with Crippen LogP contribution in [0.5, 0.6) is 17.2 Å². The molecule has 8 nitrogen and oxygen atoms in total. The Morgan fingerprint density at radius 3 is 2.20 bits per heavy atom. The van der Waals surface area contributed by atoms with Crippen LogP contribution in [0, 0.1) is 5.92 Å². The van der Waals surface area contributed by atoms with Crippen molar-refractivity contribution in [3.05, 3.63) is 29.0 Å². The van der Waals surface area contributed by atoms with Gasteiger partial charge < -0.3 is 23.7 Å². The third-order valence-electron chi connectivity index (χ3n) is 5.22.